The molecule has 0 fully saturated rings. The molecule has 0 spiro atoms. The molecule has 0 amide bonds. The van der Waals surface area contributed by atoms with Crippen molar-refractivity contribution in [1.82, 2.24) is 5.32 Å². The maximum Gasteiger partial charge on any atom is 0.159 e. The number of hydrogen-bond donors (Lipinski definition) is 1. The largest absolute Gasteiger partial charge is 0.344 e. The van der Waals surface area contributed by atoms with Crippen molar-refractivity contribution in [2.45, 2.75) is 13.1 Å². The first-order chi connectivity index (χ1) is 18.2. The van der Waals surface area contributed by atoms with Gasteiger partial charge in [-0.3, -0.25) is 0 Å². The number of nitrogens with one attached hydrogen (secondary N) is 1. The third-order valence-electron chi connectivity index (χ3n) is 6.62. The second kappa shape index (κ2) is 10.1. The van der Waals surface area contributed by atoms with Gasteiger partial charge in [0.1, 0.15) is 12.0 Å². The molecule has 0 aliphatic carbocycles. The van der Waals surface area contributed by atoms with Crippen LogP contribution in [0, 0.1) is 6.92 Å². The lowest BCUT2D eigenvalue weighted by Crippen LogP contribution is -2.33. The van der Waals surface area contributed by atoms with Gasteiger partial charge in [-0.05, 0) is 40.8 Å². The van der Waals surface area contributed by atoms with Crippen molar-refractivity contribution in [1.29, 1.82) is 0 Å². The van der Waals surface area contributed by atoms with E-state index in [0.717, 1.165) is 28.4 Å². The van der Waals surface area contributed by atoms with E-state index in [4.69, 9.17) is 9.98 Å². The highest BCUT2D eigenvalue weighted by Gasteiger charge is 2.21. The van der Waals surface area contributed by atoms with Crippen LogP contribution in [0.4, 0.5) is 0 Å². The Kier molecular flexibility index (Phi) is 6.18. The highest BCUT2D eigenvalue weighted by atomic mass is 15.2. The molecule has 178 valence electrons. The van der Waals surface area contributed by atoms with Crippen LogP contribution in [0.1, 0.15) is 28.4 Å². The highest BCUT2D eigenvalue weighted by Crippen LogP contribution is 2.26. The molecule has 0 saturated heterocycles. The normalized spacial score (nSPS) is 14.9. The molecular weight excluding hydrogens is 450 g/mol. The summed E-state index contributed by atoms with van der Waals surface area (Å²) in [6.07, 6.45) is -0.235. The zero-order chi connectivity index (χ0) is 25.0. The smallest absolute Gasteiger partial charge is 0.159 e. The van der Waals surface area contributed by atoms with E-state index in [1.807, 2.05) is 12.1 Å². The molecule has 37 heavy (non-hydrogen) atoms. The summed E-state index contributed by atoms with van der Waals surface area (Å²) in [5.74, 6) is 1.56. The summed E-state index contributed by atoms with van der Waals surface area (Å²) in [4.78, 5) is 10.0. The number of nitrogens with zero attached hydrogens (tertiary/aromatic N) is 2. The standard InChI is InChI=1S/C34H27N3/c1-24-9-8-14-31(23-24)34-36-32(29-19-15-27(16-20-29)25-10-4-2-5-11-25)35-33(37-34)30-21-17-28(18-22-30)26-12-6-3-7-13-26/h2-23,32H,1H3,(H,35,36,37). The Morgan fingerprint density at radius 3 is 1.62 bits per heavy atom. The fourth-order valence-corrected chi connectivity index (χ4v) is 4.62. The van der Waals surface area contributed by atoms with Gasteiger partial charge in [-0.2, -0.15) is 0 Å². The Morgan fingerprint density at radius 2 is 1.03 bits per heavy atom. The fourth-order valence-electron chi connectivity index (χ4n) is 4.62. The van der Waals surface area contributed by atoms with Crippen molar-refractivity contribution in [2.24, 2.45) is 9.98 Å². The highest BCUT2D eigenvalue weighted by molar-refractivity contribution is 6.13. The van der Waals surface area contributed by atoms with E-state index < -0.39 is 0 Å². The maximum atomic E-state index is 5.04. The lowest BCUT2D eigenvalue weighted by atomic mass is 10.0. The van der Waals surface area contributed by atoms with Crippen LogP contribution in [-0.2, 0) is 0 Å². The van der Waals surface area contributed by atoms with Gasteiger partial charge in [-0.15, -0.1) is 0 Å². The Labute approximate surface area is 217 Å². The maximum absolute atomic E-state index is 5.04. The van der Waals surface area contributed by atoms with Gasteiger partial charge in [-0.1, -0.05) is 133 Å². The molecule has 0 aromatic heterocycles. The van der Waals surface area contributed by atoms with Gasteiger partial charge < -0.3 is 5.32 Å². The molecule has 5 aromatic rings. The predicted octanol–water partition coefficient (Wildman–Crippen LogP) is 7.82. The van der Waals surface area contributed by atoms with Gasteiger partial charge in [0.25, 0.3) is 0 Å². The van der Waals surface area contributed by atoms with Crippen LogP contribution in [0.2, 0.25) is 0 Å². The minimum atomic E-state index is -0.235. The van der Waals surface area contributed by atoms with Crippen molar-refractivity contribution in [2.75, 3.05) is 0 Å². The molecule has 0 bridgehead atoms. The minimum absolute atomic E-state index is 0.235. The van der Waals surface area contributed by atoms with Gasteiger partial charge in [0.05, 0.1) is 0 Å². The molecule has 1 atom stereocenters. The molecule has 1 aliphatic rings. The lowest BCUT2D eigenvalue weighted by molar-refractivity contribution is 0.674. The first kappa shape index (κ1) is 22.7. The molecule has 3 nitrogen and oxygen atoms in total. The van der Waals surface area contributed by atoms with Gasteiger partial charge in [0.2, 0.25) is 0 Å². The summed E-state index contributed by atoms with van der Waals surface area (Å²) in [5, 5.41) is 3.57. The SMILES string of the molecule is Cc1cccc(C2=NC(c3ccc(-c4ccccc4)cc3)=NC(c3ccc(-c4ccccc4)cc3)N2)c1. The zero-order valence-corrected chi connectivity index (χ0v) is 20.7. The summed E-state index contributed by atoms with van der Waals surface area (Å²) < 4.78 is 0. The van der Waals surface area contributed by atoms with Crippen molar-refractivity contribution in [3.8, 4) is 22.3 Å². The number of amidine groups is 2. The lowest BCUT2D eigenvalue weighted by Gasteiger charge is -2.24. The van der Waals surface area contributed by atoms with Crippen LogP contribution in [0.15, 0.2) is 143 Å². The topological polar surface area (TPSA) is 36.8 Å². The fraction of sp³-hybridized carbons (Fsp3) is 0.0588. The zero-order valence-electron chi connectivity index (χ0n) is 20.7. The predicted molar refractivity (Wildman–Crippen MR) is 154 cm³/mol. The van der Waals surface area contributed by atoms with E-state index in [9.17, 15) is 0 Å². The van der Waals surface area contributed by atoms with Crippen molar-refractivity contribution in [3.05, 3.63) is 156 Å². The second-order valence-corrected chi connectivity index (χ2v) is 9.26. The van der Waals surface area contributed by atoms with Crippen molar-refractivity contribution in [3.63, 3.8) is 0 Å². The molecule has 1 aliphatic heterocycles. The van der Waals surface area contributed by atoms with Crippen LogP contribution in [0.5, 0.6) is 0 Å². The van der Waals surface area contributed by atoms with E-state index in [2.05, 4.69) is 134 Å². The van der Waals surface area contributed by atoms with Crippen LogP contribution in [0.25, 0.3) is 22.3 Å². The third kappa shape index (κ3) is 4.98. The van der Waals surface area contributed by atoms with E-state index >= 15 is 0 Å². The van der Waals surface area contributed by atoms with Crippen LogP contribution < -0.4 is 5.32 Å². The van der Waals surface area contributed by atoms with Gasteiger partial charge >= 0.3 is 0 Å². The first-order valence-corrected chi connectivity index (χ1v) is 12.5. The summed E-state index contributed by atoms with van der Waals surface area (Å²) in [7, 11) is 0. The summed E-state index contributed by atoms with van der Waals surface area (Å²) in [5.41, 5.74) is 9.11. The summed E-state index contributed by atoms with van der Waals surface area (Å²) in [6, 6.07) is 46.4. The number of rotatable bonds is 5. The quantitative estimate of drug-likeness (QED) is 0.275. The molecule has 1 N–H and O–H groups in total. The van der Waals surface area contributed by atoms with E-state index in [1.54, 1.807) is 0 Å². The van der Waals surface area contributed by atoms with Gasteiger partial charge in [0, 0.05) is 11.1 Å². The number of hydrogen-bond acceptors (Lipinski definition) is 3. The average molecular weight is 478 g/mol. The van der Waals surface area contributed by atoms with E-state index in [1.165, 1.54) is 27.8 Å². The number of aliphatic imine (C=N–C) groups is 2. The van der Waals surface area contributed by atoms with Gasteiger partial charge in [0.15, 0.2) is 5.84 Å². The third-order valence-corrected chi connectivity index (χ3v) is 6.62. The van der Waals surface area contributed by atoms with E-state index in [0.29, 0.717) is 0 Å². The Balaban J connectivity index is 1.36. The van der Waals surface area contributed by atoms with Crippen molar-refractivity contribution >= 4 is 11.7 Å². The second-order valence-electron chi connectivity index (χ2n) is 9.26. The first-order valence-electron chi connectivity index (χ1n) is 12.5. The van der Waals surface area contributed by atoms with Gasteiger partial charge in [-0.25, -0.2) is 9.98 Å². The summed E-state index contributed by atoms with van der Waals surface area (Å²) in [6.45, 7) is 2.10. The van der Waals surface area contributed by atoms with Crippen molar-refractivity contribution < 1.29 is 0 Å². The number of benzene rings is 5. The van der Waals surface area contributed by atoms with Crippen LogP contribution in [0.3, 0.4) is 0 Å². The van der Waals surface area contributed by atoms with E-state index in [-0.39, 0.29) is 6.17 Å². The molecule has 5 aromatic carbocycles. The monoisotopic (exact) mass is 477 g/mol. The van der Waals surface area contributed by atoms with Crippen LogP contribution in [-0.4, -0.2) is 11.7 Å². The number of aryl methyl sites for hydroxylation is 1. The molecular formula is C34H27N3. The Morgan fingerprint density at radius 1 is 0.514 bits per heavy atom. The molecule has 3 heteroatoms. The molecule has 0 radical (unpaired) electrons. The molecule has 1 unspecified atom stereocenters. The minimum Gasteiger partial charge on any atom is -0.344 e. The molecule has 1 heterocycles. The Hall–Kier alpha value is -4.76. The Bertz CT molecular complexity index is 1570. The average Bonchev–Trinajstić information content (AvgIpc) is 2.98. The summed E-state index contributed by atoms with van der Waals surface area (Å²) >= 11 is 0. The van der Waals surface area contributed by atoms with Crippen LogP contribution >= 0.6 is 0 Å². The molecule has 6 rings (SSSR count). The molecule has 0 saturated carbocycles.